The van der Waals surface area contributed by atoms with E-state index in [-0.39, 0.29) is 40.5 Å². The largest absolute Gasteiger partial charge is 0.311 e. The fraction of sp³-hybridized carbons (Fsp3) is 0.412. The molecule has 9 heteroatoms. The van der Waals surface area contributed by atoms with Gasteiger partial charge in [0.15, 0.2) is 9.84 Å². The Morgan fingerprint density at radius 3 is 2.77 bits per heavy atom. The van der Waals surface area contributed by atoms with E-state index in [9.17, 15) is 17.6 Å². The van der Waals surface area contributed by atoms with E-state index < -0.39 is 21.6 Å². The molecule has 1 amide bonds. The summed E-state index contributed by atoms with van der Waals surface area (Å²) in [6, 6.07) is 4.09. The lowest BCUT2D eigenvalue weighted by atomic mass is 9.85. The van der Waals surface area contributed by atoms with Gasteiger partial charge < -0.3 is 5.32 Å². The molecule has 0 aliphatic carbocycles. The molecule has 2 aromatic rings. The third kappa shape index (κ3) is 2.81. The lowest BCUT2D eigenvalue weighted by Crippen LogP contribution is -2.27. The molecule has 1 saturated heterocycles. The van der Waals surface area contributed by atoms with Crippen LogP contribution in [0.15, 0.2) is 18.2 Å². The number of sulfone groups is 1. The first-order valence-electron chi connectivity index (χ1n) is 8.30. The van der Waals surface area contributed by atoms with Gasteiger partial charge in [0.25, 0.3) is 0 Å². The number of aryl methyl sites for hydroxylation is 1. The predicted molar refractivity (Wildman–Crippen MR) is 95.8 cm³/mol. The highest BCUT2D eigenvalue weighted by atomic mass is 35.5. The highest BCUT2D eigenvalue weighted by Gasteiger charge is 2.38. The van der Waals surface area contributed by atoms with Crippen LogP contribution in [0.2, 0.25) is 5.02 Å². The number of rotatable bonds is 2. The minimum Gasteiger partial charge on any atom is -0.311 e. The zero-order valence-electron chi connectivity index (χ0n) is 14.0. The van der Waals surface area contributed by atoms with Gasteiger partial charge in [-0.1, -0.05) is 17.7 Å². The van der Waals surface area contributed by atoms with Crippen molar-refractivity contribution in [1.29, 1.82) is 0 Å². The van der Waals surface area contributed by atoms with E-state index in [0.29, 0.717) is 23.5 Å². The maximum atomic E-state index is 14.5. The number of benzene rings is 1. The average molecular weight is 398 g/mol. The van der Waals surface area contributed by atoms with E-state index in [1.807, 2.05) is 0 Å². The van der Waals surface area contributed by atoms with Crippen LogP contribution in [-0.4, -0.2) is 35.6 Å². The molecule has 2 atom stereocenters. The van der Waals surface area contributed by atoms with Crippen LogP contribution in [0.4, 0.5) is 10.2 Å². The third-order valence-corrected chi connectivity index (χ3v) is 7.11. The van der Waals surface area contributed by atoms with Gasteiger partial charge in [-0.3, -0.25) is 4.79 Å². The number of hydrogen-bond acceptors (Lipinski definition) is 4. The van der Waals surface area contributed by atoms with Gasteiger partial charge in [0, 0.05) is 28.5 Å². The van der Waals surface area contributed by atoms with Gasteiger partial charge in [0.2, 0.25) is 5.91 Å². The molecular formula is C17H17ClFN3O3S. The first-order valence-corrected chi connectivity index (χ1v) is 10.5. The van der Waals surface area contributed by atoms with Crippen molar-refractivity contribution >= 4 is 33.2 Å². The number of nitrogens with one attached hydrogen (secondary N) is 1. The van der Waals surface area contributed by atoms with Crippen LogP contribution in [0.1, 0.15) is 41.6 Å². The lowest BCUT2D eigenvalue weighted by molar-refractivity contribution is -0.116. The minimum absolute atomic E-state index is 0.0123. The Labute approximate surface area is 155 Å². The minimum atomic E-state index is -3.11. The number of hydrogen-bond donors (Lipinski definition) is 1. The molecule has 0 bridgehead atoms. The standard InChI is InChI=1S/C17H17ClFN3O3S/c1-9-15-11(16-12(18)3-2-4-13(16)19)7-14(23)20-17(15)22(21-9)10-5-6-26(24,25)8-10/h2-4,10-11H,5-8H2,1H3,(H,20,23)/t10-,11+/m0/s1. The number of nitrogens with zero attached hydrogens (tertiary/aromatic N) is 2. The van der Waals surface area contributed by atoms with Crippen LogP contribution in [0, 0.1) is 12.7 Å². The maximum Gasteiger partial charge on any atom is 0.226 e. The van der Waals surface area contributed by atoms with Gasteiger partial charge in [-0.25, -0.2) is 17.5 Å². The third-order valence-electron chi connectivity index (χ3n) is 5.03. The monoisotopic (exact) mass is 397 g/mol. The highest BCUT2D eigenvalue weighted by Crippen LogP contribution is 2.44. The predicted octanol–water partition coefficient (Wildman–Crippen LogP) is 2.82. The number of aromatic nitrogens is 2. The second-order valence-corrected chi connectivity index (χ2v) is 9.43. The van der Waals surface area contributed by atoms with Crippen molar-refractivity contribution in [3.63, 3.8) is 0 Å². The van der Waals surface area contributed by atoms with Crippen LogP contribution >= 0.6 is 11.6 Å². The molecule has 0 saturated carbocycles. The molecule has 0 unspecified atom stereocenters. The molecule has 2 aliphatic rings. The Balaban J connectivity index is 1.86. The van der Waals surface area contributed by atoms with Crippen molar-refractivity contribution in [2.75, 3.05) is 16.8 Å². The Hall–Kier alpha value is -1.93. The van der Waals surface area contributed by atoms with Gasteiger partial charge in [-0.05, 0) is 25.5 Å². The summed E-state index contributed by atoms with van der Waals surface area (Å²) in [5.41, 5.74) is 1.60. The number of amides is 1. The van der Waals surface area contributed by atoms with Crippen molar-refractivity contribution in [2.45, 2.75) is 31.7 Å². The molecule has 6 nitrogen and oxygen atoms in total. The number of carbonyl (C=O) groups excluding carboxylic acids is 1. The highest BCUT2D eigenvalue weighted by molar-refractivity contribution is 7.91. The zero-order chi connectivity index (χ0) is 18.6. The fourth-order valence-electron chi connectivity index (χ4n) is 3.90. The Bertz CT molecular complexity index is 998. The summed E-state index contributed by atoms with van der Waals surface area (Å²) in [6.07, 6.45) is 0.500. The molecule has 0 radical (unpaired) electrons. The molecule has 26 heavy (non-hydrogen) atoms. The second kappa shape index (κ2) is 6.06. The quantitative estimate of drug-likeness (QED) is 0.844. The van der Waals surface area contributed by atoms with E-state index in [1.165, 1.54) is 12.1 Å². The smallest absolute Gasteiger partial charge is 0.226 e. The van der Waals surface area contributed by atoms with Crippen molar-refractivity contribution in [3.05, 3.63) is 45.9 Å². The summed E-state index contributed by atoms with van der Waals surface area (Å²) in [6.45, 7) is 1.78. The number of halogens is 2. The normalized spacial score (nSPS) is 24.3. The second-order valence-electron chi connectivity index (χ2n) is 6.79. The van der Waals surface area contributed by atoms with Crippen LogP contribution in [0.3, 0.4) is 0 Å². The van der Waals surface area contributed by atoms with Crippen molar-refractivity contribution in [3.8, 4) is 0 Å². The van der Waals surface area contributed by atoms with Crippen LogP contribution < -0.4 is 5.32 Å². The molecule has 0 spiro atoms. The van der Waals surface area contributed by atoms with Gasteiger partial charge in [0.05, 0.1) is 23.2 Å². The molecule has 1 aromatic carbocycles. The summed E-state index contributed by atoms with van der Waals surface area (Å²) < 4.78 is 39.7. The molecule has 2 aliphatic heterocycles. The zero-order valence-corrected chi connectivity index (χ0v) is 15.6. The van der Waals surface area contributed by atoms with E-state index in [1.54, 1.807) is 17.7 Å². The fourth-order valence-corrected chi connectivity index (χ4v) is 5.88. The van der Waals surface area contributed by atoms with Crippen LogP contribution in [0.25, 0.3) is 0 Å². The van der Waals surface area contributed by atoms with Crippen LogP contribution in [0.5, 0.6) is 0 Å². The molecule has 4 rings (SSSR count). The number of anilines is 1. The Morgan fingerprint density at radius 1 is 1.35 bits per heavy atom. The van der Waals surface area contributed by atoms with Crippen molar-refractivity contribution in [2.24, 2.45) is 0 Å². The molecule has 138 valence electrons. The average Bonchev–Trinajstić information content (AvgIpc) is 3.06. The summed E-state index contributed by atoms with van der Waals surface area (Å²) in [7, 11) is -3.11. The molecular weight excluding hydrogens is 381 g/mol. The molecule has 3 heterocycles. The lowest BCUT2D eigenvalue weighted by Gasteiger charge is -2.26. The maximum absolute atomic E-state index is 14.5. The van der Waals surface area contributed by atoms with Crippen molar-refractivity contribution < 1.29 is 17.6 Å². The van der Waals surface area contributed by atoms with E-state index >= 15 is 0 Å². The number of carbonyl (C=O) groups is 1. The Kier molecular flexibility index (Phi) is 4.07. The summed E-state index contributed by atoms with van der Waals surface area (Å²) in [4.78, 5) is 12.3. The van der Waals surface area contributed by atoms with E-state index in [4.69, 9.17) is 11.6 Å². The van der Waals surface area contributed by atoms with Crippen molar-refractivity contribution in [1.82, 2.24) is 9.78 Å². The van der Waals surface area contributed by atoms with E-state index in [2.05, 4.69) is 10.4 Å². The first-order chi connectivity index (χ1) is 12.3. The van der Waals surface area contributed by atoms with Gasteiger partial charge in [-0.2, -0.15) is 5.10 Å². The van der Waals surface area contributed by atoms with E-state index in [0.717, 1.165) is 0 Å². The van der Waals surface area contributed by atoms with Gasteiger partial charge in [0.1, 0.15) is 11.6 Å². The molecule has 1 aromatic heterocycles. The van der Waals surface area contributed by atoms with Crippen LogP contribution in [-0.2, 0) is 14.6 Å². The first kappa shape index (κ1) is 17.5. The SMILES string of the molecule is Cc1nn([C@H]2CCS(=O)(=O)C2)c2c1[C@H](c1c(F)cccc1Cl)CC(=O)N2. The number of fused-ring (bicyclic) bond motifs is 1. The molecule has 1 N–H and O–H groups in total. The molecule has 1 fully saturated rings. The topological polar surface area (TPSA) is 81.1 Å². The van der Waals surface area contributed by atoms with Gasteiger partial charge in [-0.15, -0.1) is 0 Å². The Morgan fingerprint density at radius 2 is 2.12 bits per heavy atom. The summed E-state index contributed by atoms with van der Waals surface area (Å²) in [5, 5.41) is 7.53. The summed E-state index contributed by atoms with van der Waals surface area (Å²) >= 11 is 6.22. The summed E-state index contributed by atoms with van der Waals surface area (Å²) in [5.74, 6) is -0.768. The van der Waals surface area contributed by atoms with Gasteiger partial charge >= 0.3 is 0 Å².